The summed E-state index contributed by atoms with van der Waals surface area (Å²) in [5.74, 6) is -4.77. The van der Waals surface area contributed by atoms with Gasteiger partial charge in [0, 0.05) is 7.05 Å². The summed E-state index contributed by atoms with van der Waals surface area (Å²) in [7, 11) is -3.01. The van der Waals surface area contributed by atoms with Crippen molar-refractivity contribution >= 4 is 38.4 Å². The quantitative estimate of drug-likeness (QED) is 0.372. The average Bonchev–Trinajstić information content (AvgIpc) is 3.28. The molecule has 1 aliphatic rings. The van der Waals surface area contributed by atoms with Crippen LogP contribution in [-0.2, 0) is 25.8 Å². The highest BCUT2D eigenvalue weighted by molar-refractivity contribution is 7.91. The van der Waals surface area contributed by atoms with Crippen LogP contribution in [0.1, 0.15) is 30.5 Å². The number of pyridine rings is 1. The molecular formula is C23H24F3N5O6S. The first-order chi connectivity index (χ1) is 17.7. The van der Waals surface area contributed by atoms with Crippen LogP contribution in [0.2, 0.25) is 0 Å². The molecule has 0 spiro atoms. The van der Waals surface area contributed by atoms with Crippen molar-refractivity contribution in [2.45, 2.75) is 43.7 Å². The zero-order chi connectivity index (χ0) is 28.0. The second-order valence-corrected chi connectivity index (χ2v) is 11.0. The molecule has 4 N–H and O–H groups in total. The smallest absolute Gasteiger partial charge is 0.416 e. The topological polar surface area (TPSA) is 166 Å². The zero-order valence-electron chi connectivity index (χ0n) is 20.3. The molecule has 4 rings (SSSR count). The molecule has 15 heteroatoms. The number of benzene rings is 1. The summed E-state index contributed by atoms with van der Waals surface area (Å²) in [6.07, 6.45) is -2.32. The number of esters is 1. The number of hydrogen-bond acceptors (Lipinski definition) is 8. The zero-order valence-corrected chi connectivity index (χ0v) is 21.1. The van der Waals surface area contributed by atoms with Crippen LogP contribution < -0.4 is 21.3 Å². The van der Waals surface area contributed by atoms with Gasteiger partial charge >= 0.3 is 12.1 Å². The summed E-state index contributed by atoms with van der Waals surface area (Å²) < 4.78 is 71.5. The first-order valence-electron chi connectivity index (χ1n) is 11.5. The Kier molecular flexibility index (Phi) is 6.99. The number of nitrogens with one attached hydrogen (secondary N) is 2. The number of carbonyl (C=O) groups excluding carboxylic acids is 2. The van der Waals surface area contributed by atoms with Crippen LogP contribution in [0.3, 0.4) is 0 Å². The van der Waals surface area contributed by atoms with E-state index in [1.54, 1.807) is 6.07 Å². The van der Waals surface area contributed by atoms with Crippen LogP contribution in [0.5, 0.6) is 5.75 Å². The van der Waals surface area contributed by atoms with Gasteiger partial charge < -0.3 is 20.8 Å². The normalized spacial score (nSPS) is 14.3. The van der Waals surface area contributed by atoms with Crippen LogP contribution in [0, 0.1) is 12.8 Å². The number of aromatic amines is 1. The van der Waals surface area contributed by atoms with Gasteiger partial charge in [0.2, 0.25) is 5.91 Å². The van der Waals surface area contributed by atoms with Crippen molar-refractivity contribution in [3.63, 3.8) is 0 Å². The van der Waals surface area contributed by atoms with Gasteiger partial charge in [-0.1, -0.05) is 6.42 Å². The van der Waals surface area contributed by atoms with Crippen molar-refractivity contribution in [2.75, 3.05) is 18.5 Å². The first kappa shape index (κ1) is 27.2. The molecule has 3 aromatic rings. The molecule has 1 amide bonds. The Hall–Kier alpha value is -3.88. The lowest BCUT2D eigenvalue weighted by Gasteiger charge is -2.26. The summed E-state index contributed by atoms with van der Waals surface area (Å²) in [4.78, 5) is 43.4. The number of nitrogen functional groups attached to an aromatic ring is 1. The fourth-order valence-electron chi connectivity index (χ4n) is 4.32. The molecule has 0 saturated heterocycles. The number of halogens is 3. The largest absolute Gasteiger partial charge is 0.491 e. The molecule has 204 valence electrons. The third-order valence-electron chi connectivity index (χ3n) is 6.41. The van der Waals surface area contributed by atoms with E-state index in [4.69, 9.17) is 5.73 Å². The predicted molar refractivity (Wildman–Crippen MR) is 130 cm³/mol. The second kappa shape index (κ2) is 9.78. The summed E-state index contributed by atoms with van der Waals surface area (Å²) in [5.41, 5.74) is 4.53. The highest BCUT2D eigenvalue weighted by Crippen LogP contribution is 2.38. The molecule has 0 bridgehead atoms. The fraction of sp³-hybridized carbons (Fsp3) is 0.391. The van der Waals surface area contributed by atoms with Crippen LogP contribution in [0.15, 0.2) is 28.2 Å². The SMILES string of the molecule is CNC(=O)Cc1cc(-n2c(C)c(OC(=O)C(F)(F)F)c(S(=O)(=O)CC3CCC3)c(N)c2=O)c2nc[nH]c2c1. The van der Waals surface area contributed by atoms with Gasteiger partial charge in [-0.3, -0.25) is 14.2 Å². The lowest BCUT2D eigenvalue weighted by atomic mass is 9.87. The molecule has 38 heavy (non-hydrogen) atoms. The number of likely N-dealkylation sites (N-methyl/N-ethyl adjacent to an activating group) is 1. The molecule has 2 aromatic heterocycles. The number of carbonyl (C=O) groups is 2. The molecule has 11 nitrogen and oxygen atoms in total. The van der Waals surface area contributed by atoms with Gasteiger partial charge in [-0.25, -0.2) is 18.2 Å². The lowest BCUT2D eigenvalue weighted by Crippen LogP contribution is -2.33. The van der Waals surface area contributed by atoms with E-state index in [0.29, 0.717) is 23.9 Å². The van der Waals surface area contributed by atoms with E-state index in [2.05, 4.69) is 20.0 Å². The van der Waals surface area contributed by atoms with Crippen molar-refractivity contribution < 1.29 is 35.9 Å². The number of aromatic nitrogens is 3. The Morgan fingerprint density at radius 1 is 1.29 bits per heavy atom. The third-order valence-corrected chi connectivity index (χ3v) is 8.35. The maximum atomic E-state index is 13.5. The fourth-order valence-corrected chi connectivity index (χ4v) is 6.33. The van der Waals surface area contributed by atoms with E-state index >= 15 is 0 Å². The Morgan fingerprint density at radius 2 is 1.97 bits per heavy atom. The Labute approximate surface area is 214 Å². The number of amides is 1. The molecule has 0 unspecified atom stereocenters. The van der Waals surface area contributed by atoms with Gasteiger partial charge in [-0.05, 0) is 43.4 Å². The Balaban J connectivity index is 2.01. The van der Waals surface area contributed by atoms with Gasteiger partial charge in [0.15, 0.2) is 15.6 Å². The van der Waals surface area contributed by atoms with E-state index in [-0.39, 0.29) is 29.4 Å². The lowest BCUT2D eigenvalue weighted by molar-refractivity contribution is -0.189. The van der Waals surface area contributed by atoms with Crippen molar-refractivity contribution in [3.8, 4) is 11.4 Å². The molecule has 1 aromatic carbocycles. The van der Waals surface area contributed by atoms with E-state index in [9.17, 15) is 36.0 Å². The number of alkyl halides is 3. The van der Waals surface area contributed by atoms with Crippen LogP contribution in [-0.4, -0.2) is 53.8 Å². The molecule has 0 radical (unpaired) electrons. The molecule has 0 atom stereocenters. The number of nitrogens with two attached hydrogens (primary N) is 1. The van der Waals surface area contributed by atoms with Crippen LogP contribution in [0.4, 0.5) is 18.9 Å². The third kappa shape index (κ3) is 4.97. The predicted octanol–water partition coefficient (Wildman–Crippen LogP) is 1.93. The molecular weight excluding hydrogens is 531 g/mol. The van der Waals surface area contributed by atoms with Crippen LogP contribution >= 0.6 is 0 Å². The number of sulfone groups is 1. The van der Waals surface area contributed by atoms with Crippen molar-refractivity contribution in [3.05, 3.63) is 40.1 Å². The summed E-state index contributed by atoms with van der Waals surface area (Å²) in [5, 5.41) is 2.46. The minimum absolute atomic E-state index is 0.0101. The minimum Gasteiger partial charge on any atom is -0.416 e. The summed E-state index contributed by atoms with van der Waals surface area (Å²) in [6.45, 7) is 1.13. The van der Waals surface area contributed by atoms with Crippen LogP contribution in [0.25, 0.3) is 16.7 Å². The van der Waals surface area contributed by atoms with Gasteiger partial charge in [-0.15, -0.1) is 0 Å². The van der Waals surface area contributed by atoms with E-state index in [1.807, 2.05) is 0 Å². The Bertz CT molecular complexity index is 1610. The molecule has 1 aliphatic carbocycles. The van der Waals surface area contributed by atoms with E-state index in [1.165, 1.54) is 19.4 Å². The van der Waals surface area contributed by atoms with Crippen molar-refractivity contribution in [1.82, 2.24) is 19.9 Å². The monoisotopic (exact) mass is 555 g/mol. The van der Waals surface area contributed by atoms with Crippen molar-refractivity contribution in [1.29, 1.82) is 0 Å². The van der Waals surface area contributed by atoms with E-state index in [0.717, 1.165) is 17.9 Å². The number of nitrogens with zero attached hydrogens (tertiary/aromatic N) is 2. The minimum atomic E-state index is -5.46. The maximum absolute atomic E-state index is 13.5. The highest BCUT2D eigenvalue weighted by atomic mass is 32.2. The number of imidazole rings is 1. The number of hydrogen-bond donors (Lipinski definition) is 3. The molecule has 2 heterocycles. The number of H-pyrrole nitrogens is 1. The molecule has 0 aliphatic heterocycles. The number of fused-ring (bicyclic) bond motifs is 1. The Morgan fingerprint density at radius 3 is 2.55 bits per heavy atom. The number of rotatable bonds is 7. The number of ether oxygens (including phenoxy) is 1. The van der Waals surface area contributed by atoms with Crippen molar-refractivity contribution in [2.24, 2.45) is 5.92 Å². The second-order valence-electron chi connectivity index (χ2n) is 9.03. The standard InChI is InChI=1S/C23H24F3N5O6S/c1-11-19(37-22(34)23(24,25)26)20(38(35,36)9-12-4-3-5-12)17(27)21(33)31(11)15-7-13(8-16(32)28-2)6-14-18(15)30-10-29-14/h6-7,10,12H,3-5,8-9,27H2,1-2H3,(H,28,32)(H,29,30). The van der Waals surface area contributed by atoms with E-state index < -0.39 is 55.3 Å². The van der Waals surface area contributed by atoms with Gasteiger partial charge in [0.1, 0.15) is 16.1 Å². The van der Waals surface area contributed by atoms with Gasteiger partial charge in [0.05, 0.1) is 35.4 Å². The van der Waals surface area contributed by atoms with Gasteiger partial charge in [0.25, 0.3) is 5.56 Å². The number of anilines is 1. The summed E-state index contributed by atoms with van der Waals surface area (Å²) >= 11 is 0. The highest BCUT2D eigenvalue weighted by Gasteiger charge is 2.44. The van der Waals surface area contributed by atoms with Gasteiger partial charge in [-0.2, -0.15) is 13.2 Å². The molecule has 1 fully saturated rings. The summed E-state index contributed by atoms with van der Waals surface area (Å²) in [6, 6.07) is 2.98. The first-order valence-corrected chi connectivity index (χ1v) is 13.1. The molecule has 1 saturated carbocycles. The average molecular weight is 556 g/mol. The maximum Gasteiger partial charge on any atom is 0.491 e.